The van der Waals surface area contributed by atoms with E-state index in [1.165, 1.54) is 18.2 Å². The van der Waals surface area contributed by atoms with Crippen LogP contribution < -0.4 is 5.43 Å². The lowest BCUT2D eigenvalue weighted by atomic mass is 10.1. The molecule has 3 aromatic rings. The van der Waals surface area contributed by atoms with Gasteiger partial charge in [0, 0.05) is 17.4 Å². The maximum atomic E-state index is 13.8. The Balaban J connectivity index is 1.67. The van der Waals surface area contributed by atoms with Crippen LogP contribution in [0.15, 0.2) is 53.5 Å². The summed E-state index contributed by atoms with van der Waals surface area (Å²) in [5.41, 5.74) is 4.91. The molecule has 0 unspecified atom stereocenters. The van der Waals surface area contributed by atoms with Crippen molar-refractivity contribution < 1.29 is 14.3 Å². The Morgan fingerprint density at radius 3 is 2.78 bits per heavy atom. The number of amides is 1. The van der Waals surface area contributed by atoms with Gasteiger partial charge in [-0.3, -0.25) is 15.2 Å². The van der Waals surface area contributed by atoms with Gasteiger partial charge in [0.15, 0.2) is 3.95 Å². The SMILES string of the molecule is O=C(Nn1c(O)c(/C=C2/C=Nc3ccccc32)sc1=S)c1ccccc1F. The van der Waals surface area contributed by atoms with Gasteiger partial charge in [-0.1, -0.05) is 41.7 Å². The third kappa shape index (κ3) is 3.20. The smallest absolute Gasteiger partial charge is 0.273 e. The number of thiazole rings is 1. The molecule has 0 fully saturated rings. The number of rotatable bonds is 3. The summed E-state index contributed by atoms with van der Waals surface area (Å²) in [5.74, 6) is -1.58. The molecule has 8 heteroatoms. The number of nitrogens with one attached hydrogen (secondary N) is 1. The van der Waals surface area contributed by atoms with Crippen molar-refractivity contribution in [2.45, 2.75) is 0 Å². The predicted molar refractivity (Wildman–Crippen MR) is 107 cm³/mol. The highest BCUT2D eigenvalue weighted by molar-refractivity contribution is 7.73. The van der Waals surface area contributed by atoms with Crippen LogP contribution in [0.1, 0.15) is 20.8 Å². The molecule has 0 saturated carbocycles. The van der Waals surface area contributed by atoms with E-state index in [0.29, 0.717) is 4.88 Å². The monoisotopic (exact) mass is 397 g/mol. The van der Waals surface area contributed by atoms with Crippen molar-refractivity contribution in [1.29, 1.82) is 0 Å². The van der Waals surface area contributed by atoms with E-state index in [4.69, 9.17) is 12.2 Å². The van der Waals surface area contributed by atoms with Crippen molar-refractivity contribution in [3.05, 3.63) is 74.3 Å². The number of aliphatic imine (C=N–C) groups is 1. The first-order valence-electron chi connectivity index (χ1n) is 7.90. The number of nitrogens with zero attached hydrogens (tertiary/aromatic N) is 2. The van der Waals surface area contributed by atoms with E-state index in [1.807, 2.05) is 24.3 Å². The number of aromatic nitrogens is 1. The fourth-order valence-electron chi connectivity index (χ4n) is 2.68. The highest BCUT2D eigenvalue weighted by Gasteiger charge is 2.18. The van der Waals surface area contributed by atoms with Crippen molar-refractivity contribution in [3.8, 4) is 5.88 Å². The van der Waals surface area contributed by atoms with Crippen LogP contribution in [0.25, 0.3) is 11.6 Å². The minimum absolute atomic E-state index is 0.137. The third-order valence-electron chi connectivity index (χ3n) is 3.99. The molecule has 0 spiro atoms. The van der Waals surface area contributed by atoms with Crippen LogP contribution in [0.3, 0.4) is 0 Å². The second kappa shape index (κ2) is 6.90. The molecule has 134 valence electrons. The summed E-state index contributed by atoms with van der Waals surface area (Å²) in [4.78, 5) is 17.1. The number of carbonyl (C=O) groups excluding carboxylic acids is 1. The number of carbonyl (C=O) groups is 1. The molecular weight excluding hydrogens is 385 g/mol. The van der Waals surface area contributed by atoms with Gasteiger partial charge in [-0.15, -0.1) is 0 Å². The van der Waals surface area contributed by atoms with Crippen LogP contribution in [0.5, 0.6) is 5.88 Å². The first-order valence-corrected chi connectivity index (χ1v) is 9.13. The molecule has 2 N–H and O–H groups in total. The molecule has 5 nitrogen and oxygen atoms in total. The molecule has 0 atom stereocenters. The van der Waals surface area contributed by atoms with E-state index in [1.54, 1.807) is 18.4 Å². The lowest BCUT2D eigenvalue weighted by Crippen LogP contribution is -2.23. The van der Waals surface area contributed by atoms with Gasteiger partial charge >= 0.3 is 0 Å². The Labute approximate surface area is 162 Å². The Morgan fingerprint density at radius 1 is 1.22 bits per heavy atom. The zero-order valence-corrected chi connectivity index (χ0v) is 15.4. The van der Waals surface area contributed by atoms with Gasteiger partial charge in [0.25, 0.3) is 5.91 Å². The van der Waals surface area contributed by atoms with Gasteiger partial charge < -0.3 is 5.11 Å². The summed E-state index contributed by atoms with van der Waals surface area (Å²) in [6, 6.07) is 13.2. The largest absolute Gasteiger partial charge is 0.492 e. The van der Waals surface area contributed by atoms with Crippen LogP contribution in [-0.4, -0.2) is 21.9 Å². The first-order chi connectivity index (χ1) is 13.0. The number of fused-ring (bicyclic) bond motifs is 1. The summed E-state index contributed by atoms with van der Waals surface area (Å²) in [6.07, 6.45) is 3.45. The Bertz CT molecular complexity index is 1180. The predicted octanol–water partition coefficient (Wildman–Crippen LogP) is 4.76. The summed E-state index contributed by atoms with van der Waals surface area (Å²) < 4.78 is 15.1. The van der Waals surface area contributed by atoms with Crippen LogP contribution in [0.2, 0.25) is 0 Å². The number of para-hydroxylation sites is 1. The minimum Gasteiger partial charge on any atom is -0.492 e. The number of allylic oxidation sites excluding steroid dienone is 1. The molecule has 1 aliphatic rings. The fourth-order valence-corrected chi connectivity index (χ4v) is 3.86. The highest BCUT2D eigenvalue weighted by atomic mass is 32.1. The van der Waals surface area contributed by atoms with Gasteiger partial charge in [-0.05, 0) is 36.5 Å². The van der Waals surface area contributed by atoms with Crippen molar-refractivity contribution >= 4 is 53.0 Å². The van der Waals surface area contributed by atoms with Crippen LogP contribution >= 0.6 is 23.6 Å². The second-order valence-electron chi connectivity index (χ2n) is 5.69. The van der Waals surface area contributed by atoms with E-state index in [9.17, 15) is 14.3 Å². The molecule has 0 saturated heterocycles. The first kappa shape index (κ1) is 17.3. The standard InChI is InChI=1S/C19H12FN3O2S2/c20-14-7-3-1-6-13(14)17(24)22-23-18(25)16(27-19(23)26)9-11-10-21-15-8-4-2-5-12(11)15/h1-10,25H,(H,22,24)/b11-9-. The number of benzene rings is 2. The number of halogens is 1. The van der Waals surface area contributed by atoms with Gasteiger partial charge in [-0.2, -0.15) is 4.68 Å². The number of hydrogen-bond donors (Lipinski definition) is 2. The molecule has 27 heavy (non-hydrogen) atoms. The van der Waals surface area contributed by atoms with Crippen molar-refractivity contribution in [3.63, 3.8) is 0 Å². The average molecular weight is 397 g/mol. The molecule has 1 aromatic heterocycles. The molecule has 0 aliphatic carbocycles. The third-order valence-corrected chi connectivity index (χ3v) is 5.30. The quantitative estimate of drug-likeness (QED) is 0.626. The average Bonchev–Trinajstić information content (AvgIpc) is 3.19. The van der Waals surface area contributed by atoms with Gasteiger partial charge in [-0.25, -0.2) is 4.39 Å². The Kier molecular flexibility index (Phi) is 4.43. The molecule has 0 radical (unpaired) electrons. The fraction of sp³-hybridized carbons (Fsp3) is 0. The van der Waals surface area contributed by atoms with E-state index in [-0.39, 0.29) is 15.4 Å². The van der Waals surface area contributed by atoms with Gasteiger partial charge in [0.2, 0.25) is 5.88 Å². The van der Waals surface area contributed by atoms with Crippen LogP contribution in [0.4, 0.5) is 10.1 Å². The summed E-state index contributed by atoms with van der Waals surface area (Å²) in [6.45, 7) is 0. The van der Waals surface area contributed by atoms with E-state index >= 15 is 0 Å². The topological polar surface area (TPSA) is 66.6 Å². The molecule has 2 heterocycles. The molecule has 2 aromatic carbocycles. The summed E-state index contributed by atoms with van der Waals surface area (Å²) in [5, 5.41) is 10.5. The van der Waals surface area contributed by atoms with Gasteiger partial charge in [0.05, 0.1) is 16.1 Å². The minimum atomic E-state index is -0.704. The zero-order valence-electron chi connectivity index (χ0n) is 13.7. The van der Waals surface area contributed by atoms with Crippen LogP contribution in [0, 0.1) is 9.77 Å². The maximum Gasteiger partial charge on any atom is 0.273 e. The van der Waals surface area contributed by atoms with Crippen LogP contribution in [-0.2, 0) is 0 Å². The highest BCUT2D eigenvalue weighted by Crippen LogP contribution is 2.35. The van der Waals surface area contributed by atoms with Gasteiger partial charge in [0.1, 0.15) is 5.82 Å². The van der Waals surface area contributed by atoms with Crippen molar-refractivity contribution in [2.24, 2.45) is 4.99 Å². The summed E-state index contributed by atoms with van der Waals surface area (Å²) >= 11 is 6.36. The lowest BCUT2D eigenvalue weighted by molar-refractivity contribution is 0.100. The number of aromatic hydroxyl groups is 1. The van der Waals surface area contributed by atoms with E-state index in [0.717, 1.165) is 32.8 Å². The maximum absolute atomic E-state index is 13.8. The second-order valence-corrected chi connectivity index (χ2v) is 7.36. The molecule has 4 rings (SSSR count). The summed E-state index contributed by atoms with van der Waals surface area (Å²) in [7, 11) is 0. The van der Waals surface area contributed by atoms with Crippen molar-refractivity contribution in [1.82, 2.24) is 4.68 Å². The van der Waals surface area contributed by atoms with E-state index < -0.39 is 11.7 Å². The molecular formula is C19H12FN3O2S2. The Morgan fingerprint density at radius 2 is 1.96 bits per heavy atom. The molecule has 1 amide bonds. The lowest BCUT2D eigenvalue weighted by Gasteiger charge is -2.08. The molecule has 1 aliphatic heterocycles. The van der Waals surface area contributed by atoms with E-state index in [2.05, 4.69) is 10.4 Å². The van der Waals surface area contributed by atoms with Crippen molar-refractivity contribution in [2.75, 3.05) is 5.43 Å². The number of hydrogen-bond acceptors (Lipinski definition) is 5. The zero-order chi connectivity index (χ0) is 19.0. The normalized spacial score (nSPS) is 13.7. The molecule has 0 bridgehead atoms. The Hall–Kier alpha value is -3.10.